The summed E-state index contributed by atoms with van der Waals surface area (Å²) in [6.07, 6.45) is 0.232. The van der Waals surface area contributed by atoms with E-state index >= 15 is 0 Å². The van der Waals surface area contributed by atoms with Crippen LogP contribution >= 0.6 is 23.2 Å². The van der Waals surface area contributed by atoms with Gasteiger partial charge in [-0.05, 0) is 26.0 Å². The maximum atomic E-state index is 12.1. The van der Waals surface area contributed by atoms with Gasteiger partial charge < -0.3 is 15.8 Å². The molecule has 0 bridgehead atoms. The van der Waals surface area contributed by atoms with Crippen LogP contribution in [0, 0.1) is 0 Å². The minimum Gasteiger partial charge on any atom is -0.399 e. The Morgan fingerprint density at radius 1 is 1.33 bits per heavy atom. The lowest BCUT2D eigenvalue weighted by atomic mass is 10.2. The summed E-state index contributed by atoms with van der Waals surface area (Å²) in [5.74, 6) is -0.162. The average Bonchev–Trinajstić information content (AvgIpc) is 2.32. The second-order valence-corrected chi connectivity index (χ2v) is 6.17. The van der Waals surface area contributed by atoms with Gasteiger partial charge in [0.15, 0.2) is 0 Å². The van der Waals surface area contributed by atoms with Crippen molar-refractivity contribution < 1.29 is 9.53 Å². The number of benzene rings is 1. The largest absolute Gasteiger partial charge is 0.399 e. The predicted molar refractivity (Wildman–Crippen MR) is 86.0 cm³/mol. The third kappa shape index (κ3) is 4.48. The zero-order valence-corrected chi connectivity index (χ0v) is 13.5. The molecule has 0 spiro atoms. The number of rotatable bonds is 3. The first-order valence-corrected chi connectivity index (χ1v) is 7.53. The Bertz CT molecular complexity index is 506. The van der Waals surface area contributed by atoms with Crippen LogP contribution in [-0.2, 0) is 9.53 Å². The van der Waals surface area contributed by atoms with E-state index in [4.69, 9.17) is 33.7 Å². The van der Waals surface area contributed by atoms with E-state index < -0.39 is 0 Å². The molecule has 0 saturated carbocycles. The molecule has 0 radical (unpaired) electrons. The summed E-state index contributed by atoms with van der Waals surface area (Å²) >= 11 is 12.1. The summed E-state index contributed by atoms with van der Waals surface area (Å²) in [7, 11) is 0. The summed E-state index contributed by atoms with van der Waals surface area (Å²) in [6.45, 7) is 5.71. The van der Waals surface area contributed by atoms with Gasteiger partial charge in [-0.1, -0.05) is 23.2 Å². The zero-order valence-electron chi connectivity index (χ0n) is 12.0. The van der Waals surface area contributed by atoms with Gasteiger partial charge in [0.05, 0.1) is 34.5 Å². The van der Waals surface area contributed by atoms with Crippen molar-refractivity contribution in [3.63, 3.8) is 0 Å². The van der Waals surface area contributed by atoms with Crippen LogP contribution in [0.25, 0.3) is 0 Å². The molecule has 1 fully saturated rings. The number of ether oxygens (including phenoxy) is 1. The first-order chi connectivity index (χ1) is 9.85. The van der Waals surface area contributed by atoms with E-state index in [2.05, 4.69) is 5.32 Å². The fraction of sp³-hybridized carbons (Fsp3) is 0.500. The fourth-order valence-electron chi connectivity index (χ4n) is 2.51. The Kier molecular flexibility index (Phi) is 5.32. The van der Waals surface area contributed by atoms with Gasteiger partial charge in [-0.3, -0.25) is 9.69 Å². The van der Waals surface area contributed by atoms with Crippen molar-refractivity contribution in [2.24, 2.45) is 0 Å². The molecule has 0 unspecified atom stereocenters. The lowest BCUT2D eigenvalue weighted by Gasteiger charge is -2.34. The SMILES string of the molecule is C[C@@H]1CN(CC(=O)Nc2c(Cl)cc(N)cc2Cl)C[C@H](C)O1. The first kappa shape index (κ1) is 16.4. The van der Waals surface area contributed by atoms with E-state index in [1.54, 1.807) is 12.1 Å². The number of nitrogens with zero attached hydrogens (tertiary/aromatic N) is 1. The highest BCUT2D eigenvalue weighted by atomic mass is 35.5. The van der Waals surface area contributed by atoms with Crippen molar-refractivity contribution in [2.75, 3.05) is 30.7 Å². The molecule has 1 saturated heterocycles. The van der Waals surface area contributed by atoms with Crippen LogP contribution in [0.5, 0.6) is 0 Å². The van der Waals surface area contributed by atoms with Crippen LogP contribution in [0.2, 0.25) is 10.0 Å². The number of anilines is 2. The van der Waals surface area contributed by atoms with Crippen molar-refractivity contribution >= 4 is 40.5 Å². The summed E-state index contributed by atoms with van der Waals surface area (Å²) in [6, 6.07) is 3.11. The quantitative estimate of drug-likeness (QED) is 0.835. The van der Waals surface area contributed by atoms with Crippen molar-refractivity contribution in [3.05, 3.63) is 22.2 Å². The molecule has 1 aromatic rings. The van der Waals surface area contributed by atoms with Crippen LogP contribution in [0.1, 0.15) is 13.8 Å². The molecule has 1 amide bonds. The van der Waals surface area contributed by atoms with Crippen LogP contribution in [0.15, 0.2) is 12.1 Å². The number of hydrogen-bond acceptors (Lipinski definition) is 4. The molecule has 1 aromatic carbocycles. The normalized spacial score (nSPS) is 23.0. The zero-order chi connectivity index (χ0) is 15.6. The Morgan fingerprint density at radius 2 is 1.86 bits per heavy atom. The number of amides is 1. The van der Waals surface area contributed by atoms with Crippen molar-refractivity contribution in [1.82, 2.24) is 4.90 Å². The maximum absolute atomic E-state index is 12.1. The minimum absolute atomic E-state index is 0.116. The molecule has 2 rings (SSSR count). The van der Waals surface area contributed by atoms with E-state index in [1.807, 2.05) is 18.7 Å². The van der Waals surface area contributed by atoms with Crippen LogP contribution < -0.4 is 11.1 Å². The maximum Gasteiger partial charge on any atom is 0.238 e. The lowest BCUT2D eigenvalue weighted by molar-refractivity contribution is -0.121. The van der Waals surface area contributed by atoms with Crippen LogP contribution in [0.4, 0.5) is 11.4 Å². The number of halogens is 2. The highest BCUT2D eigenvalue weighted by Crippen LogP contribution is 2.32. The van der Waals surface area contributed by atoms with E-state index in [0.29, 0.717) is 21.4 Å². The summed E-state index contributed by atoms with van der Waals surface area (Å²) < 4.78 is 5.64. The Morgan fingerprint density at radius 3 is 2.38 bits per heavy atom. The molecule has 2 atom stereocenters. The molecule has 7 heteroatoms. The molecular formula is C14H19Cl2N3O2. The Hall–Kier alpha value is -1.01. The van der Waals surface area contributed by atoms with Crippen LogP contribution in [-0.4, -0.2) is 42.6 Å². The summed E-state index contributed by atoms with van der Waals surface area (Å²) in [4.78, 5) is 14.2. The lowest BCUT2D eigenvalue weighted by Crippen LogP contribution is -2.48. The van der Waals surface area contributed by atoms with Gasteiger partial charge >= 0.3 is 0 Å². The van der Waals surface area contributed by atoms with Crippen molar-refractivity contribution in [1.29, 1.82) is 0 Å². The number of carbonyl (C=O) groups is 1. The highest BCUT2D eigenvalue weighted by Gasteiger charge is 2.24. The van der Waals surface area contributed by atoms with E-state index in [-0.39, 0.29) is 24.7 Å². The standard InChI is InChI=1S/C14H19Cl2N3O2/c1-8-5-19(6-9(2)21-8)7-13(20)18-14-11(15)3-10(17)4-12(14)16/h3-4,8-9H,5-7,17H2,1-2H3,(H,18,20)/t8-,9+. The number of nitrogens with one attached hydrogen (secondary N) is 1. The average molecular weight is 332 g/mol. The molecule has 0 aliphatic carbocycles. The van der Waals surface area contributed by atoms with Crippen molar-refractivity contribution in [3.8, 4) is 0 Å². The third-order valence-electron chi connectivity index (χ3n) is 3.19. The van der Waals surface area contributed by atoms with E-state index in [1.165, 1.54) is 0 Å². The van der Waals surface area contributed by atoms with Gasteiger partial charge in [-0.25, -0.2) is 0 Å². The molecule has 1 heterocycles. The number of hydrogen-bond donors (Lipinski definition) is 2. The molecule has 1 aliphatic rings. The molecule has 21 heavy (non-hydrogen) atoms. The van der Waals surface area contributed by atoms with Gasteiger partial charge in [0.2, 0.25) is 5.91 Å². The van der Waals surface area contributed by atoms with E-state index in [0.717, 1.165) is 13.1 Å². The number of morpholine rings is 1. The monoisotopic (exact) mass is 331 g/mol. The first-order valence-electron chi connectivity index (χ1n) is 6.77. The predicted octanol–water partition coefficient (Wildman–Crippen LogP) is 2.62. The molecular weight excluding hydrogens is 313 g/mol. The second kappa shape index (κ2) is 6.83. The summed E-state index contributed by atoms with van der Waals surface area (Å²) in [5, 5.41) is 3.40. The Balaban J connectivity index is 1.99. The molecule has 3 N–H and O–H groups in total. The molecule has 116 valence electrons. The topological polar surface area (TPSA) is 67.6 Å². The van der Waals surface area contributed by atoms with Gasteiger partial charge in [0.1, 0.15) is 0 Å². The number of nitrogens with two attached hydrogens (primary N) is 1. The van der Waals surface area contributed by atoms with Crippen LogP contribution in [0.3, 0.4) is 0 Å². The Labute approximate surface area is 134 Å². The fourth-order valence-corrected chi connectivity index (χ4v) is 3.11. The van der Waals surface area contributed by atoms with Gasteiger partial charge in [-0.2, -0.15) is 0 Å². The summed E-state index contributed by atoms with van der Waals surface area (Å²) in [5.41, 5.74) is 6.49. The molecule has 0 aromatic heterocycles. The second-order valence-electron chi connectivity index (χ2n) is 5.36. The van der Waals surface area contributed by atoms with Gasteiger partial charge in [-0.15, -0.1) is 0 Å². The van der Waals surface area contributed by atoms with E-state index in [9.17, 15) is 4.79 Å². The van der Waals surface area contributed by atoms with Crippen molar-refractivity contribution in [2.45, 2.75) is 26.1 Å². The van der Waals surface area contributed by atoms with Gasteiger partial charge in [0.25, 0.3) is 0 Å². The molecule has 1 aliphatic heterocycles. The molecule has 5 nitrogen and oxygen atoms in total. The highest BCUT2D eigenvalue weighted by molar-refractivity contribution is 6.40. The van der Waals surface area contributed by atoms with Gasteiger partial charge in [0, 0.05) is 18.8 Å². The number of carbonyl (C=O) groups excluding carboxylic acids is 1. The third-order valence-corrected chi connectivity index (χ3v) is 3.79. The number of nitrogen functional groups attached to an aromatic ring is 1. The smallest absolute Gasteiger partial charge is 0.238 e. The minimum atomic E-state index is -0.162.